The summed E-state index contributed by atoms with van der Waals surface area (Å²) in [6.45, 7) is 5.46. The number of aliphatic hydroxyl groups is 1. The van der Waals surface area contributed by atoms with Gasteiger partial charge in [0.15, 0.2) is 6.29 Å². The van der Waals surface area contributed by atoms with Crippen molar-refractivity contribution < 1.29 is 24.9 Å². The van der Waals surface area contributed by atoms with Gasteiger partial charge in [0.1, 0.15) is 5.75 Å². The van der Waals surface area contributed by atoms with Crippen molar-refractivity contribution in [2.45, 2.75) is 50.5 Å². The molecule has 49 heavy (non-hydrogen) atoms. The summed E-state index contributed by atoms with van der Waals surface area (Å²) in [7, 11) is 0. The monoisotopic (exact) mass is 661 g/mol. The number of carbonyl (C=O) groups excluding carboxylic acids is 1. The van der Waals surface area contributed by atoms with Crippen LogP contribution in [0.5, 0.6) is 5.75 Å². The van der Waals surface area contributed by atoms with E-state index in [-0.39, 0.29) is 24.5 Å². The van der Waals surface area contributed by atoms with Gasteiger partial charge in [0, 0.05) is 68.7 Å². The molecule has 0 radical (unpaired) electrons. The minimum Gasteiger partial charge on any atom is -0.508 e. The average Bonchev–Trinajstić information content (AvgIpc) is 3.11. The zero-order chi connectivity index (χ0) is 33.3. The summed E-state index contributed by atoms with van der Waals surface area (Å²) in [5.74, 6) is -0.178. The zero-order valence-corrected chi connectivity index (χ0v) is 27.2. The number of piperidine rings is 1. The molecule has 2 fully saturated rings. The van der Waals surface area contributed by atoms with Gasteiger partial charge in [-0.05, 0) is 96.3 Å². The first-order valence-electron chi connectivity index (χ1n) is 17.0. The van der Waals surface area contributed by atoms with E-state index in [0.29, 0.717) is 50.4 Å². The standard InChI is InChI=1S/C40H43N3O5.CH4/c44-26-31-24-33(11-14-37(31)39(46)47)42-18-16-40(48,17-19-42)27-41-20-22-43(23-21-41)32-9-6-29(7-10-32)38-35(28-4-2-1-3-5-28)13-8-30-25-34(45)12-15-36(30)38;/h1-7,9-12,14-15,24-26,35,38,45,48H,8,13,16-23,27H2,(H,46,47);1H4/t35?,38-;/m0./s1. The number of aromatic hydroxyl groups is 1. The van der Waals surface area contributed by atoms with E-state index in [1.165, 1.54) is 34.0 Å². The maximum absolute atomic E-state index is 11.5. The number of nitrogens with zero attached hydrogens (tertiary/aromatic N) is 3. The minimum atomic E-state index is -1.11. The van der Waals surface area contributed by atoms with Crippen molar-refractivity contribution in [3.63, 3.8) is 0 Å². The predicted molar refractivity (Wildman–Crippen MR) is 194 cm³/mol. The number of hydrogen-bond donors (Lipinski definition) is 3. The quantitative estimate of drug-likeness (QED) is 0.183. The molecule has 4 aromatic rings. The molecule has 3 aliphatic rings. The highest BCUT2D eigenvalue weighted by Crippen LogP contribution is 2.47. The molecule has 3 N–H and O–H groups in total. The Morgan fingerprint density at radius 2 is 1.47 bits per heavy atom. The van der Waals surface area contributed by atoms with Crippen molar-refractivity contribution in [3.8, 4) is 5.75 Å². The Hall–Kier alpha value is -4.66. The number of benzene rings is 4. The molecule has 0 aromatic heterocycles. The van der Waals surface area contributed by atoms with Crippen LogP contribution in [0.15, 0.2) is 91.0 Å². The molecule has 2 heterocycles. The number of anilines is 2. The molecule has 8 heteroatoms. The predicted octanol–water partition coefficient (Wildman–Crippen LogP) is 6.55. The number of rotatable bonds is 8. The maximum Gasteiger partial charge on any atom is 0.336 e. The third-order valence-electron chi connectivity index (χ3n) is 10.8. The number of piperazine rings is 1. The van der Waals surface area contributed by atoms with Gasteiger partial charge in [0.2, 0.25) is 0 Å². The smallest absolute Gasteiger partial charge is 0.336 e. The molecule has 1 aliphatic carbocycles. The van der Waals surface area contributed by atoms with Crippen LogP contribution in [-0.2, 0) is 6.42 Å². The number of β-amino-alcohol motifs (C(OH)–C–C–N with tert-alkyl or cyclic N) is 1. The lowest BCUT2D eigenvalue weighted by atomic mass is 9.69. The second-order valence-electron chi connectivity index (χ2n) is 13.7. The highest BCUT2D eigenvalue weighted by Gasteiger charge is 2.36. The first kappa shape index (κ1) is 34.2. The van der Waals surface area contributed by atoms with E-state index in [4.69, 9.17) is 0 Å². The van der Waals surface area contributed by atoms with Crippen LogP contribution in [0.25, 0.3) is 0 Å². The fraction of sp³-hybridized carbons (Fsp3) is 0.366. The van der Waals surface area contributed by atoms with Crippen LogP contribution in [0.1, 0.15) is 81.5 Å². The van der Waals surface area contributed by atoms with E-state index in [9.17, 15) is 24.9 Å². The van der Waals surface area contributed by atoms with E-state index in [2.05, 4.69) is 75.4 Å². The highest BCUT2D eigenvalue weighted by molar-refractivity contribution is 5.98. The third kappa shape index (κ3) is 7.21. The van der Waals surface area contributed by atoms with Crippen LogP contribution in [0.4, 0.5) is 11.4 Å². The Bertz CT molecular complexity index is 1760. The van der Waals surface area contributed by atoms with Crippen molar-refractivity contribution in [2.24, 2.45) is 0 Å². The summed E-state index contributed by atoms with van der Waals surface area (Å²) in [5.41, 5.74) is 6.62. The Labute approximate surface area is 289 Å². The largest absolute Gasteiger partial charge is 0.508 e. The summed E-state index contributed by atoms with van der Waals surface area (Å²) in [4.78, 5) is 29.8. The van der Waals surface area contributed by atoms with E-state index in [1.807, 2.05) is 12.1 Å². The molecule has 2 atom stereocenters. The molecule has 2 saturated heterocycles. The van der Waals surface area contributed by atoms with Crippen LogP contribution in [0, 0.1) is 0 Å². The molecule has 4 aromatic carbocycles. The molecule has 8 nitrogen and oxygen atoms in total. The van der Waals surface area contributed by atoms with Gasteiger partial charge >= 0.3 is 5.97 Å². The van der Waals surface area contributed by atoms with Crippen LogP contribution >= 0.6 is 0 Å². The zero-order valence-electron chi connectivity index (χ0n) is 27.2. The van der Waals surface area contributed by atoms with Crippen molar-refractivity contribution in [3.05, 3.63) is 124 Å². The summed E-state index contributed by atoms with van der Waals surface area (Å²) in [6, 6.07) is 30.6. The van der Waals surface area contributed by atoms with E-state index < -0.39 is 11.6 Å². The van der Waals surface area contributed by atoms with Gasteiger partial charge in [-0.1, -0.05) is 56.0 Å². The van der Waals surface area contributed by atoms with Crippen molar-refractivity contribution in [1.82, 2.24) is 4.90 Å². The summed E-state index contributed by atoms with van der Waals surface area (Å²) in [5, 5.41) is 31.0. The summed E-state index contributed by atoms with van der Waals surface area (Å²) < 4.78 is 0. The van der Waals surface area contributed by atoms with Gasteiger partial charge in [0.05, 0.1) is 11.2 Å². The van der Waals surface area contributed by atoms with Crippen LogP contribution < -0.4 is 9.80 Å². The van der Waals surface area contributed by atoms with Gasteiger partial charge in [-0.2, -0.15) is 0 Å². The maximum atomic E-state index is 11.5. The number of aryl methyl sites for hydroxylation is 1. The second kappa shape index (κ2) is 14.4. The van der Waals surface area contributed by atoms with Crippen LogP contribution in [0.2, 0.25) is 0 Å². The van der Waals surface area contributed by atoms with Crippen molar-refractivity contribution in [2.75, 3.05) is 55.6 Å². The number of hydrogen-bond acceptors (Lipinski definition) is 7. The van der Waals surface area contributed by atoms with Gasteiger partial charge in [-0.25, -0.2) is 4.79 Å². The van der Waals surface area contributed by atoms with Crippen molar-refractivity contribution >= 4 is 23.6 Å². The van der Waals surface area contributed by atoms with Gasteiger partial charge in [0.25, 0.3) is 0 Å². The average molecular weight is 662 g/mol. The number of carbonyl (C=O) groups is 2. The second-order valence-corrected chi connectivity index (χ2v) is 13.7. The Balaban J connectivity index is 0.00000417. The Kier molecular flexibility index (Phi) is 10.1. The molecular formula is C41H47N3O5. The number of carboxylic acids is 1. The molecule has 0 saturated carbocycles. The number of carboxylic acid groups (broad SMARTS) is 1. The molecular weight excluding hydrogens is 614 g/mol. The highest BCUT2D eigenvalue weighted by atomic mass is 16.4. The Morgan fingerprint density at radius 3 is 2.14 bits per heavy atom. The lowest BCUT2D eigenvalue weighted by Gasteiger charge is -2.44. The Morgan fingerprint density at radius 1 is 0.796 bits per heavy atom. The topological polar surface area (TPSA) is 105 Å². The molecule has 7 rings (SSSR count). The molecule has 0 bridgehead atoms. The molecule has 0 spiro atoms. The number of aldehydes is 1. The lowest BCUT2D eigenvalue weighted by molar-refractivity contribution is -0.0173. The normalized spacial score (nSPS) is 20.6. The number of fused-ring (bicyclic) bond motifs is 1. The number of phenolic OH excluding ortho intramolecular Hbond substituents is 1. The third-order valence-corrected chi connectivity index (χ3v) is 10.8. The van der Waals surface area contributed by atoms with Gasteiger partial charge < -0.3 is 25.1 Å². The number of aromatic carboxylic acids is 1. The van der Waals surface area contributed by atoms with Crippen LogP contribution in [0.3, 0.4) is 0 Å². The lowest BCUT2D eigenvalue weighted by Crippen LogP contribution is -2.55. The molecule has 1 unspecified atom stereocenters. The summed E-state index contributed by atoms with van der Waals surface area (Å²) in [6.07, 6.45) is 3.81. The summed E-state index contributed by atoms with van der Waals surface area (Å²) >= 11 is 0. The van der Waals surface area contributed by atoms with Crippen LogP contribution in [-0.4, -0.2) is 83.9 Å². The van der Waals surface area contributed by atoms with E-state index >= 15 is 0 Å². The molecule has 2 aliphatic heterocycles. The first-order valence-corrected chi connectivity index (χ1v) is 17.0. The first-order chi connectivity index (χ1) is 23.3. The molecule has 256 valence electrons. The number of phenols is 1. The van der Waals surface area contributed by atoms with Gasteiger partial charge in [-0.3, -0.25) is 9.69 Å². The fourth-order valence-corrected chi connectivity index (χ4v) is 8.13. The van der Waals surface area contributed by atoms with E-state index in [0.717, 1.165) is 44.7 Å². The SMILES string of the molecule is C.O=Cc1cc(N2CCC(O)(CN3CCN(c4ccc([C@@H]5c6ccc(O)cc6CCC5c5ccccc5)cc4)CC3)CC2)ccc1C(=O)O. The fourth-order valence-electron chi connectivity index (χ4n) is 8.13. The van der Waals surface area contributed by atoms with Crippen molar-refractivity contribution in [1.29, 1.82) is 0 Å². The van der Waals surface area contributed by atoms with E-state index in [1.54, 1.807) is 12.1 Å². The minimum absolute atomic E-state index is 0. The molecule has 0 amide bonds. The van der Waals surface area contributed by atoms with Gasteiger partial charge in [-0.15, -0.1) is 0 Å².